The maximum atomic E-state index is 12.6. The van der Waals surface area contributed by atoms with Crippen LogP contribution < -0.4 is 0 Å². The summed E-state index contributed by atoms with van der Waals surface area (Å²) in [6.07, 6.45) is 8.99. The molecule has 144 valence electrons. The van der Waals surface area contributed by atoms with E-state index in [1.54, 1.807) is 18.4 Å². The van der Waals surface area contributed by atoms with Crippen molar-refractivity contribution in [1.29, 1.82) is 0 Å². The summed E-state index contributed by atoms with van der Waals surface area (Å²) >= 11 is 0. The predicted octanol–water partition coefficient (Wildman–Crippen LogP) is 2.65. The molecule has 4 heterocycles. The number of likely N-dealkylation sites (tertiary alicyclic amines) is 1. The third-order valence-corrected chi connectivity index (χ3v) is 6.46. The fraction of sp³-hybridized carbons (Fsp3) is 0.650. The highest BCUT2D eigenvalue weighted by Gasteiger charge is 2.33. The van der Waals surface area contributed by atoms with Gasteiger partial charge in [-0.05, 0) is 37.8 Å². The van der Waals surface area contributed by atoms with Crippen LogP contribution in [-0.2, 0) is 13.1 Å². The number of carbonyl (C=O) groups excluding carboxylic acids is 1. The molecule has 27 heavy (non-hydrogen) atoms. The van der Waals surface area contributed by atoms with E-state index in [1.807, 2.05) is 4.90 Å². The van der Waals surface area contributed by atoms with Gasteiger partial charge in [-0.1, -0.05) is 12.8 Å². The Labute approximate surface area is 159 Å². The van der Waals surface area contributed by atoms with Crippen molar-refractivity contribution in [2.24, 2.45) is 0 Å². The van der Waals surface area contributed by atoms with Crippen LogP contribution in [0.5, 0.6) is 0 Å². The Morgan fingerprint density at radius 3 is 2.78 bits per heavy atom. The van der Waals surface area contributed by atoms with Gasteiger partial charge >= 0.3 is 0 Å². The van der Waals surface area contributed by atoms with E-state index in [-0.39, 0.29) is 11.8 Å². The molecule has 1 aliphatic carbocycles. The first kappa shape index (κ1) is 17.0. The Balaban J connectivity index is 1.30. The molecule has 1 saturated carbocycles. The molecule has 2 fully saturated rings. The SMILES string of the molecule is O=C(c1ccco1)N1CCCC(c2nnc3n2CCN(C2CCCC2)C3)C1. The van der Waals surface area contributed by atoms with E-state index in [9.17, 15) is 4.79 Å². The molecule has 1 unspecified atom stereocenters. The lowest BCUT2D eigenvalue weighted by atomic mass is 9.96. The largest absolute Gasteiger partial charge is 0.459 e. The summed E-state index contributed by atoms with van der Waals surface area (Å²) in [5.74, 6) is 2.82. The first-order valence-electron chi connectivity index (χ1n) is 10.3. The Kier molecular flexibility index (Phi) is 4.47. The van der Waals surface area contributed by atoms with Crippen LogP contribution in [0.15, 0.2) is 22.8 Å². The van der Waals surface area contributed by atoms with Crippen LogP contribution in [-0.4, -0.2) is 56.1 Å². The van der Waals surface area contributed by atoms with Crippen molar-refractivity contribution in [3.8, 4) is 0 Å². The smallest absolute Gasteiger partial charge is 0.289 e. The van der Waals surface area contributed by atoms with Gasteiger partial charge < -0.3 is 13.9 Å². The van der Waals surface area contributed by atoms with E-state index in [4.69, 9.17) is 4.42 Å². The third-order valence-electron chi connectivity index (χ3n) is 6.46. The quantitative estimate of drug-likeness (QED) is 0.832. The molecule has 0 bridgehead atoms. The molecule has 0 N–H and O–H groups in total. The van der Waals surface area contributed by atoms with Crippen LogP contribution in [0.25, 0.3) is 0 Å². The lowest BCUT2D eigenvalue weighted by molar-refractivity contribution is 0.0669. The fourth-order valence-electron chi connectivity index (χ4n) is 5.01. The summed E-state index contributed by atoms with van der Waals surface area (Å²) in [5.41, 5.74) is 0. The molecule has 0 spiro atoms. The Morgan fingerprint density at radius 1 is 1.07 bits per heavy atom. The van der Waals surface area contributed by atoms with Crippen molar-refractivity contribution in [2.45, 2.75) is 63.6 Å². The Hall–Kier alpha value is -2.15. The number of amides is 1. The first-order valence-corrected chi connectivity index (χ1v) is 10.3. The molecule has 1 atom stereocenters. The first-order chi connectivity index (χ1) is 13.3. The molecule has 2 aromatic rings. The van der Waals surface area contributed by atoms with E-state index in [2.05, 4.69) is 19.7 Å². The predicted molar refractivity (Wildman–Crippen MR) is 99.3 cm³/mol. The van der Waals surface area contributed by atoms with Crippen molar-refractivity contribution in [2.75, 3.05) is 19.6 Å². The van der Waals surface area contributed by atoms with Gasteiger partial charge in [0, 0.05) is 38.1 Å². The summed E-state index contributed by atoms with van der Waals surface area (Å²) in [6, 6.07) is 4.23. The highest BCUT2D eigenvalue weighted by Crippen LogP contribution is 2.30. The van der Waals surface area contributed by atoms with Crippen molar-refractivity contribution in [1.82, 2.24) is 24.6 Å². The molecular weight excluding hydrogens is 342 g/mol. The summed E-state index contributed by atoms with van der Waals surface area (Å²) in [5, 5.41) is 9.09. The van der Waals surface area contributed by atoms with E-state index in [1.165, 1.54) is 25.7 Å². The number of hydrogen-bond acceptors (Lipinski definition) is 5. The standard InChI is InChI=1S/C20H27N5O2/c26-20(17-8-4-12-27-17)24-9-3-5-15(13-24)19-22-21-18-14-23(10-11-25(18)19)16-6-1-2-7-16/h4,8,12,15-16H,1-3,5-7,9-11,13-14H2. The maximum Gasteiger partial charge on any atom is 0.289 e. The lowest BCUT2D eigenvalue weighted by Crippen LogP contribution is -2.42. The average Bonchev–Trinajstić information content (AvgIpc) is 3.48. The van der Waals surface area contributed by atoms with E-state index in [0.29, 0.717) is 12.3 Å². The zero-order chi connectivity index (χ0) is 18.2. The van der Waals surface area contributed by atoms with Gasteiger partial charge in [0.1, 0.15) is 11.6 Å². The van der Waals surface area contributed by atoms with Crippen LogP contribution in [0.4, 0.5) is 0 Å². The Morgan fingerprint density at radius 2 is 1.96 bits per heavy atom. The van der Waals surface area contributed by atoms with Gasteiger partial charge in [0.25, 0.3) is 5.91 Å². The summed E-state index contributed by atoms with van der Waals surface area (Å²) in [7, 11) is 0. The zero-order valence-electron chi connectivity index (χ0n) is 15.7. The van der Waals surface area contributed by atoms with Gasteiger partial charge in [-0.25, -0.2) is 0 Å². The van der Waals surface area contributed by atoms with Crippen LogP contribution in [0.3, 0.4) is 0 Å². The number of hydrogen-bond donors (Lipinski definition) is 0. The molecule has 5 rings (SSSR count). The zero-order valence-corrected chi connectivity index (χ0v) is 15.7. The summed E-state index contributed by atoms with van der Waals surface area (Å²) < 4.78 is 7.61. The van der Waals surface area contributed by atoms with Gasteiger partial charge in [-0.3, -0.25) is 9.69 Å². The number of aromatic nitrogens is 3. The minimum Gasteiger partial charge on any atom is -0.459 e. The van der Waals surface area contributed by atoms with Crippen LogP contribution in [0.2, 0.25) is 0 Å². The Bertz CT molecular complexity index is 793. The van der Waals surface area contributed by atoms with Gasteiger partial charge in [-0.2, -0.15) is 0 Å². The molecule has 0 aromatic carbocycles. The average molecular weight is 369 g/mol. The topological polar surface area (TPSA) is 67.4 Å². The monoisotopic (exact) mass is 369 g/mol. The van der Waals surface area contributed by atoms with Gasteiger partial charge in [0.2, 0.25) is 0 Å². The lowest BCUT2D eigenvalue weighted by Gasteiger charge is -2.35. The van der Waals surface area contributed by atoms with Crippen LogP contribution in [0.1, 0.15) is 66.6 Å². The van der Waals surface area contributed by atoms with Crippen molar-refractivity contribution in [3.63, 3.8) is 0 Å². The van der Waals surface area contributed by atoms with E-state index in [0.717, 1.165) is 56.7 Å². The number of carbonyl (C=O) groups is 1. The number of furan rings is 1. The van der Waals surface area contributed by atoms with E-state index >= 15 is 0 Å². The minimum atomic E-state index is -0.0181. The summed E-state index contributed by atoms with van der Waals surface area (Å²) in [6.45, 7) is 4.46. The maximum absolute atomic E-state index is 12.6. The van der Waals surface area contributed by atoms with Gasteiger partial charge in [0.05, 0.1) is 12.8 Å². The second-order valence-corrected chi connectivity index (χ2v) is 8.10. The van der Waals surface area contributed by atoms with Crippen molar-refractivity contribution >= 4 is 5.91 Å². The molecule has 2 aliphatic heterocycles. The minimum absolute atomic E-state index is 0.0181. The molecule has 7 nitrogen and oxygen atoms in total. The van der Waals surface area contributed by atoms with Crippen molar-refractivity contribution in [3.05, 3.63) is 35.8 Å². The molecule has 1 saturated heterocycles. The highest BCUT2D eigenvalue weighted by molar-refractivity contribution is 5.91. The van der Waals surface area contributed by atoms with Crippen molar-refractivity contribution < 1.29 is 9.21 Å². The molecule has 7 heteroatoms. The number of piperidine rings is 1. The highest BCUT2D eigenvalue weighted by atomic mass is 16.3. The molecular formula is C20H27N5O2. The van der Waals surface area contributed by atoms with E-state index < -0.39 is 0 Å². The number of fused-ring (bicyclic) bond motifs is 1. The summed E-state index contributed by atoms with van der Waals surface area (Å²) in [4.78, 5) is 17.1. The molecule has 1 amide bonds. The third kappa shape index (κ3) is 3.18. The number of nitrogens with zero attached hydrogens (tertiary/aromatic N) is 5. The molecule has 2 aromatic heterocycles. The van der Waals surface area contributed by atoms with Crippen LogP contribution in [0, 0.1) is 0 Å². The fourth-order valence-corrected chi connectivity index (χ4v) is 5.01. The molecule has 3 aliphatic rings. The molecule has 0 radical (unpaired) electrons. The second-order valence-electron chi connectivity index (χ2n) is 8.10. The normalized spacial score (nSPS) is 24.3. The van der Waals surface area contributed by atoms with Gasteiger partial charge in [0.15, 0.2) is 5.76 Å². The second kappa shape index (κ2) is 7.11. The van der Waals surface area contributed by atoms with Gasteiger partial charge in [-0.15, -0.1) is 10.2 Å². The van der Waals surface area contributed by atoms with Crippen LogP contribution >= 0.6 is 0 Å². The number of rotatable bonds is 3.